The van der Waals surface area contributed by atoms with Gasteiger partial charge in [-0.15, -0.1) is 0 Å². The Morgan fingerprint density at radius 1 is 1.09 bits per heavy atom. The van der Waals surface area contributed by atoms with Crippen molar-refractivity contribution in [3.63, 3.8) is 0 Å². The first-order chi connectivity index (χ1) is 14.9. The summed E-state index contributed by atoms with van der Waals surface area (Å²) in [6.07, 6.45) is 0.987. The lowest BCUT2D eigenvalue weighted by Gasteiger charge is -2.31. The van der Waals surface area contributed by atoms with E-state index in [2.05, 4.69) is 21.2 Å². The van der Waals surface area contributed by atoms with Gasteiger partial charge in [0.1, 0.15) is 12.6 Å². The van der Waals surface area contributed by atoms with E-state index in [1.165, 1.54) is 23.1 Å². The Labute approximate surface area is 206 Å². The summed E-state index contributed by atoms with van der Waals surface area (Å²) in [5.41, 5.74) is 0.946. The molecule has 2 aromatic carbocycles. The number of hydrogen-bond donors (Lipinski definition) is 1. The number of nitrogens with one attached hydrogen (secondary N) is 1. The molecule has 2 aromatic rings. The molecule has 0 fully saturated rings. The van der Waals surface area contributed by atoms with Crippen LogP contribution in [0.5, 0.6) is 0 Å². The molecule has 1 atom stereocenters. The smallest absolute Gasteiger partial charge is 0.244 e. The molecule has 0 aromatic heterocycles. The van der Waals surface area contributed by atoms with Gasteiger partial charge in [-0.3, -0.25) is 13.9 Å². The van der Waals surface area contributed by atoms with Crippen molar-refractivity contribution in [1.82, 2.24) is 10.2 Å². The normalized spacial score (nSPS) is 12.2. The van der Waals surface area contributed by atoms with E-state index in [0.29, 0.717) is 6.54 Å². The van der Waals surface area contributed by atoms with Crippen molar-refractivity contribution in [1.29, 1.82) is 0 Å². The van der Waals surface area contributed by atoms with Gasteiger partial charge in [0.25, 0.3) is 0 Å². The highest BCUT2D eigenvalue weighted by atomic mass is 79.9. The zero-order valence-electron chi connectivity index (χ0n) is 17.8. The standard InChI is InChI=1S/C21H24BrCl2N3O4S/c1-4-25-21(29)14(2)26(12-15-5-7-16(22)8-6-15)20(28)13-27(32(3,30)31)19-10-17(23)9-18(24)11-19/h5-11,14H,4,12-13H2,1-3H3,(H,25,29). The summed E-state index contributed by atoms with van der Waals surface area (Å²) >= 11 is 15.4. The van der Waals surface area contributed by atoms with E-state index in [9.17, 15) is 18.0 Å². The SMILES string of the molecule is CCNC(=O)C(C)N(Cc1ccc(Br)cc1)C(=O)CN(c1cc(Cl)cc(Cl)c1)S(C)(=O)=O. The fraction of sp³-hybridized carbons (Fsp3) is 0.333. The first-order valence-corrected chi connectivity index (χ1v) is 13.1. The Balaban J connectivity index is 2.40. The summed E-state index contributed by atoms with van der Waals surface area (Å²) in [7, 11) is -3.85. The van der Waals surface area contributed by atoms with Gasteiger partial charge in [-0.25, -0.2) is 8.42 Å². The van der Waals surface area contributed by atoms with Gasteiger partial charge in [0.15, 0.2) is 0 Å². The average Bonchev–Trinajstić information content (AvgIpc) is 2.69. The van der Waals surface area contributed by atoms with Crippen LogP contribution in [0, 0.1) is 0 Å². The van der Waals surface area contributed by atoms with Gasteiger partial charge in [0.2, 0.25) is 21.8 Å². The molecule has 11 heteroatoms. The molecular weight excluding hydrogens is 541 g/mol. The number of carbonyl (C=O) groups excluding carboxylic acids is 2. The molecule has 2 rings (SSSR count). The van der Waals surface area contributed by atoms with Gasteiger partial charge in [0, 0.05) is 27.6 Å². The van der Waals surface area contributed by atoms with Crippen LogP contribution in [0.25, 0.3) is 0 Å². The molecule has 0 aliphatic rings. The lowest BCUT2D eigenvalue weighted by Crippen LogP contribution is -2.51. The van der Waals surface area contributed by atoms with Gasteiger partial charge in [0.05, 0.1) is 11.9 Å². The fourth-order valence-corrected chi connectivity index (χ4v) is 4.60. The van der Waals surface area contributed by atoms with Crippen LogP contribution in [0.15, 0.2) is 46.9 Å². The van der Waals surface area contributed by atoms with E-state index in [0.717, 1.165) is 20.6 Å². The lowest BCUT2D eigenvalue weighted by molar-refractivity contribution is -0.139. The van der Waals surface area contributed by atoms with E-state index in [4.69, 9.17) is 23.2 Å². The summed E-state index contributed by atoms with van der Waals surface area (Å²) in [6.45, 7) is 3.39. The van der Waals surface area contributed by atoms with Crippen molar-refractivity contribution < 1.29 is 18.0 Å². The minimum absolute atomic E-state index is 0.123. The maximum atomic E-state index is 13.3. The molecule has 174 valence electrons. The van der Waals surface area contributed by atoms with Crippen molar-refractivity contribution in [2.45, 2.75) is 26.4 Å². The topological polar surface area (TPSA) is 86.8 Å². The monoisotopic (exact) mass is 563 g/mol. The van der Waals surface area contributed by atoms with Crippen LogP contribution in [0.1, 0.15) is 19.4 Å². The summed E-state index contributed by atoms with van der Waals surface area (Å²) in [5.74, 6) is -0.886. The van der Waals surface area contributed by atoms with Crippen molar-refractivity contribution in [3.05, 3.63) is 62.5 Å². The molecule has 0 saturated carbocycles. The van der Waals surface area contributed by atoms with E-state index in [1.54, 1.807) is 13.8 Å². The largest absolute Gasteiger partial charge is 0.355 e. The highest BCUT2D eigenvalue weighted by Crippen LogP contribution is 2.27. The number of amides is 2. The molecule has 0 radical (unpaired) electrons. The lowest BCUT2D eigenvalue weighted by atomic mass is 10.1. The Kier molecular flexibility index (Phi) is 9.39. The molecule has 7 nitrogen and oxygen atoms in total. The van der Waals surface area contributed by atoms with Gasteiger partial charge in [-0.05, 0) is 49.7 Å². The maximum Gasteiger partial charge on any atom is 0.244 e. The predicted molar refractivity (Wildman–Crippen MR) is 131 cm³/mol. The molecular formula is C21H24BrCl2N3O4S. The second kappa shape index (κ2) is 11.4. The fourth-order valence-electron chi connectivity index (χ4n) is 2.99. The second-order valence-corrected chi connectivity index (χ2v) is 10.8. The number of hydrogen-bond acceptors (Lipinski definition) is 4. The van der Waals surface area contributed by atoms with Crippen LogP contribution < -0.4 is 9.62 Å². The molecule has 1 N–H and O–H groups in total. The summed E-state index contributed by atoms with van der Waals surface area (Å²) in [5, 5.41) is 3.16. The van der Waals surface area contributed by atoms with E-state index in [1.807, 2.05) is 24.3 Å². The second-order valence-electron chi connectivity index (χ2n) is 7.12. The third-order valence-corrected chi connectivity index (χ3v) is 6.70. The van der Waals surface area contributed by atoms with Crippen LogP contribution in [-0.4, -0.2) is 50.5 Å². The Morgan fingerprint density at radius 2 is 1.66 bits per heavy atom. The number of halogens is 3. The van der Waals surface area contributed by atoms with E-state index in [-0.39, 0.29) is 28.2 Å². The molecule has 1 unspecified atom stereocenters. The molecule has 0 spiro atoms. The van der Waals surface area contributed by atoms with E-state index >= 15 is 0 Å². The third kappa shape index (κ3) is 7.37. The number of sulfonamides is 1. The van der Waals surface area contributed by atoms with Gasteiger partial charge in [-0.2, -0.15) is 0 Å². The third-order valence-electron chi connectivity index (χ3n) is 4.60. The van der Waals surface area contributed by atoms with Crippen LogP contribution in [-0.2, 0) is 26.2 Å². The van der Waals surface area contributed by atoms with Crippen LogP contribution in [0.3, 0.4) is 0 Å². The molecule has 0 aliphatic heterocycles. The molecule has 32 heavy (non-hydrogen) atoms. The maximum absolute atomic E-state index is 13.3. The summed E-state index contributed by atoms with van der Waals surface area (Å²) < 4.78 is 26.8. The molecule has 0 heterocycles. The van der Waals surface area contributed by atoms with Gasteiger partial charge < -0.3 is 10.2 Å². The summed E-state index contributed by atoms with van der Waals surface area (Å²) in [6, 6.07) is 10.8. The first kappa shape index (κ1) is 26.4. The van der Waals surface area contributed by atoms with Crippen molar-refractivity contribution in [3.8, 4) is 0 Å². The minimum atomic E-state index is -3.85. The van der Waals surface area contributed by atoms with Crippen molar-refractivity contribution in [2.24, 2.45) is 0 Å². The van der Waals surface area contributed by atoms with Crippen molar-refractivity contribution >= 4 is 66.7 Å². The number of likely N-dealkylation sites (N-methyl/N-ethyl adjacent to an activating group) is 1. The van der Waals surface area contributed by atoms with Crippen LogP contribution in [0.4, 0.5) is 5.69 Å². The number of benzene rings is 2. The quantitative estimate of drug-likeness (QED) is 0.497. The number of nitrogens with zero attached hydrogens (tertiary/aromatic N) is 2. The molecule has 0 aliphatic carbocycles. The Hall–Kier alpha value is -1.81. The molecule has 0 saturated heterocycles. The van der Waals surface area contributed by atoms with E-state index < -0.39 is 28.5 Å². The molecule has 2 amide bonds. The van der Waals surface area contributed by atoms with Crippen molar-refractivity contribution in [2.75, 3.05) is 23.7 Å². The number of rotatable bonds is 9. The molecule has 0 bridgehead atoms. The van der Waals surface area contributed by atoms with Gasteiger partial charge >= 0.3 is 0 Å². The average molecular weight is 565 g/mol. The first-order valence-electron chi connectivity index (χ1n) is 9.67. The van der Waals surface area contributed by atoms with Crippen LogP contribution in [0.2, 0.25) is 10.0 Å². The Bertz CT molecular complexity index is 1060. The summed E-state index contributed by atoms with van der Waals surface area (Å²) in [4.78, 5) is 27.2. The highest BCUT2D eigenvalue weighted by molar-refractivity contribution is 9.10. The predicted octanol–water partition coefficient (Wildman–Crippen LogP) is 4.08. The Morgan fingerprint density at radius 3 is 2.16 bits per heavy atom. The van der Waals surface area contributed by atoms with Crippen LogP contribution >= 0.6 is 39.1 Å². The zero-order chi connectivity index (χ0) is 24.1. The number of carbonyl (C=O) groups is 2. The van der Waals surface area contributed by atoms with Gasteiger partial charge in [-0.1, -0.05) is 51.3 Å². The highest BCUT2D eigenvalue weighted by Gasteiger charge is 2.30. The number of anilines is 1. The zero-order valence-corrected chi connectivity index (χ0v) is 21.7. The minimum Gasteiger partial charge on any atom is -0.355 e.